The summed E-state index contributed by atoms with van der Waals surface area (Å²) in [7, 11) is 1.55. The van der Waals surface area contributed by atoms with Gasteiger partial charge in [0.25, 0.3) is 0 Å². The fourth-order valence-corrected chi connectivity index (χ4v) is 3.86. The van der Waals surface area contributed by atoms with Crippen LogP contribution in [0, 0.1) is 0 Å². The zero-order valence-electron chi connectivity index (χ0n) is 15.5. The van der Waals surface area contributed by atoms with Crippen molar-refractivity contribution in [3.63, 3.8) is 0 Å². The average molecular weight is 400 g/mol. The Morgan fingerprint density at radius 1 is 1.25 bits per heavy atom. The van der Waals surface area contributed by atoms with Gasteiger partial charge in [-0.15, -0.1) is 0 Å². The molecule has 1 aliphatic rings. The summed E-state index contributed by atoms with van der Waals surface area (Å²) < 4.78 is 5.23. The van der Waals surface area contributed by atoms with E-state index in [0.717, 1.165) is 25.7 Å². The Bertz CT molecular complexity index is 1010. The second-order valence-corrected chi connectivity index (χ2v) is 7.49. The number of nitrogens with zero attached hydrogens (tertiary/aromatic N) is 2. The first kappa shape index (κ1) is 18.7. The lowest BCUT2D eigenvalue weighted by Crippen LogP contribution is -2.33. The number of anilines is 1. The molecule has 0 amide bonds. The number of methoxy groups -OCH3 is 1. The van der Waals surface area contributed by atoms with Crippen LogP contribution in [-0.4, -0.2) is 39.9 Å². The normalized spacial score (nSPS) is 19.5. The fraction of sp³-hybridized carbons (Fsp3) is 0.350. The van der Waals surface area contributed by atoms with Crippen LogP contribution in [-0.2, 0) is 0 Å². The summed E-state index contributed by atoms with van der Waals surface area (Å²) in [6, 6.07) is 5.56. The molecule has 3 aromatic rings. The predicted octanol–water partition coefficient (Wildman–Crippen LogP) is 3.53. The highest BCUT2D eigenvalue weighted by Gasteiger charge is 2.24. The number of hydrogen-bond donors (Lipinski definition) is 3. The van der Waals surface area contributed by atoms with E-state index in [1.54, 1.807) is 31.5 Å². The number of fused-ring (bicyclic) bond motifs is 1. The SMILES string of the molecule is COc1ccc(Cl)c(C(=O)c2c[nH]c3ncnc(NC4CCC(N)CC4)c23)c1. The van der Waals surface area contributed by atoms with Crippen LogP contribution in [0.3, 0.4) is 0 Å². The largest absolute Gasteiger partial charge is 0.497 e. The van der Waals surface area contributed by atoms with E-state index >= 15 is 0 Å². The van der Waals surface area contributed by atoms with Crippen LogP contribution in [0.2, 0.25) is 5.02 Å². The molecule has 8 heteroatoms. The molecule has 4 N–H and O–H groups in total. The number of nitrogens with one attached hydrogen (secondary N) is 2. The van der Waals surface area contributed by atoms with Crippen molar-refractivity contribution in [3.8, 4) is 5.75 Å². The molecule has 0 unspecified atom stereocenters. The summed E-state index contributed by atoms with van der Waals surface area (Å²) in [4.78, 5) is 25.0. The van der Waals surface area contributed by atoms with Crippen LogP contribution >= 0.6 is 11.6 Å². The van der Waals surface area contributed by atoms with E-state index in [-0.39, 0.29) is 17.9 Å². The van der Waals surface area contributed by atoms with Gasteiger partial charge in [0, 0.05) is 23.8 Å². The highest BCUT2D eigenvalue weighted by atomic mass is 35.5. The molecule has 2 aromatic heterocycles. The van der Waals surface area contributed by atoms with Crippen molar-refractivity contribution >= 4 is 34.2 Å². The maximum absolute atomic E-state index is 13.2. The second kappa shape index (κ2) is 7.77. The first-order valence-corrected chi connectivity index (χ1v) is 9.67. The molecule has 2 heterocycles. The minimum Gasteiger partial charge on any atom is -0.497 e. The third kappa shape index (κ3) is 3.55. The van der Waals surface area contributed by atoms with Gasteiger partial charge in [0.15, 0.2) is 5.78 Å². The summed E-state index contributed by atoms with van der Waals surface area (Å²) >= 11 is 6.28. The first-order valence-electron chi connectivity index (χ1n) is 9.29. The van der Waals surface area contributed by atoms with E-state index in [1.807, 2.05) is 0 Å². The zero-order valence-corrected chi connectivity index (χ0v) is 16.3. The van der Waals surface area contributed by atoms with Crippen molar-refractivity contribution in [2.75, 3.05) is 12.4 Å². The smallest absolute Gasteiger partial charge is 0.197 e. The van der Waals surface area contributed by atoms with Crippen LogP contribution in [0.25, 0.3) is 11.0 Å². The number of benzene rings is 1. The highest BCUT2D eigenvalue weighted by molar-refractivity contribution is 6.35. The third-order valence-corrected chi connectivity index (χ3v) is 5.57. The van der Waals surface area contributed by atoms with E-state index < -0.39 is 0 Å². The molecular weight excluding hydrogens is 378 g/mol. The van der Waals surface area contributed by atoms with Gasteiger partial charge < -0.3 is 20.8 Å². The molecule has 1 saturated carbocycles. The van der Waals surface area contributed by atoms with Gasteiger partial charge in [-0.05, 0) is 43.9 Å². The summed E-state index contributed by atoms with van der Waals surface area (Å²) in [6.07, 6.45) is 7.04. The number of aromatic nitrogens is 3. The summed E-state index contributed by atoms with van der Waals surface area (Å²) in [5.74, 6) is 1.01. The van der Waals surface area contributed by atoms with Crippen LogP contribution in [0.15, 0.2) is 30.7 Å². The van der Waals surface area contributed by atoms with Crippen molar-refractivity contribution in [2.24, 2.45) is 5.73 Å². The zero-order chi connectivity index (χ0) is 19.7. The molecule has 0 saturated heterocycles. The molecule has 1 aromatic carbocycles. The Labute approximate surface area is 167 Å². The minimum atomic E-state index is -0.210. The standard InChI is InChI=1S/C20H22ClN5O2/c1-28-13-6-7-16(21)14(8-13)18(27)15-9-23-19-17(15)20(25-10-24-19)26-12-4-2-11(22)3-5-12/h6-12H,2-5,22H2,1H3,(H2,23,24,25,26). The summed E-state index contributed by atoms with van der Waals surface area (Å²) in [5, 5.41) is 4.51. The number of carbonyl (C=O) groups excluding carboxylic acids is 1. The maximum atomic E-state index is 13.2. The minimum absolute atomic E-state index is 0.210. The number of aromatic amines is 1. The molecule has 4 rings (SSSR count). The van der Waals surface area contributed by atoms with Crippen LogP contribution in [0.4, 0.5) is 5.82 Å². The van der Waals surface area contributed by atoms with Gasteiger partial charge in [0.1, 0.15) is 23.5 Å². The maximum Gasteiger partial charge on any atom is 0.197 e. The molecule has 0 bridgehead atoms. The third-order valence-electron chi connectivity index (χ3n) is 5.25. The van der Waals surface area contributed by atoms with Crippen molar-refractivity contribution in [2.45, 2.75) is 37.8 Å². The van der Waals surface area contributed by atoms with E-state index in [4.69, 9.17) is 22.1 Å². The van der Waals surface area contributed by atoms with Gasteiger partial charge in [-0.2, -0.15) is 0 Å². The van der Waals surface area contributed by atoms with E-state index in [2.05, 4.69) is 20.3 Å². The van der Waals surface area contributed by atoms with Gasteiger partial charge >= 0.3 is 0 Å². The Balaban J connectivity index is 1.71. The van der Waals surface area contributed by atoms with Crippen molar-refractivity contribution < 1.29 is 9.53 Å². The van der Waals surface area contributed by atoms with Gasteiger partial charge in [0.05, 0.1) is 23.1 Å². The van der Waals surface area contributed by atoms with Crippen LogP contribution in [0.5, 0.6) is 5.75 Å². The molecule has 28 heavy (non-hydrogen) atoms. The van der Waals surface area contributed by atoms with Crippen molar-refractivity contribution in [1.29, 1.82) is 0 Å². The van der Waals surface area contributed by atoms with Crippen LogP contribution in [0.1, 0.15) is 41.6 Å². The molecular formula is C20H22ClN5O2. The highest BCUT2D eigenvalue weighted by Crippen LogP contribution is 2.31. The molecule has 1 fully saturated rings. The quantitative estimate of drug-likeness (QED) is 0.566. The monoisotopic (exact) mass is 399 g/mol. The predicted molar refractivity (Wildman–Crippen MR) is 109 cm³/mol. The second-order valence-electron chi connectivity index (χ2n) is 7.08. The Kier molecular flexibility index (Phi) is 5.19. The van der Waals surface area contributed by atoms with Crippen LogP contribution < -0.4 is 15.8 Å². The average Bonchev–Trinajstić information content (AvgIpc) is 3.15. The molecule has 146 valence electrons. The fourth-order valence-electron chi connectivity index (χ4n) is 3.66. The molecule has 0 spiro atoms. The number of hydrogen-bond acceptors (Lipinski definition) is 6. The molecule has 7 nitrogen and oxygen atoms in total. The van der Waals surface area contributed by atoms with E-state index in [1.165, 1.54) is 6.33 Å². The number of H-pyrrole nitrogens is 1. The van der Waals surface area contributed by atoms with Gasteiger partial charge in [-0.25, -0.2) is 9.97 Å². The van der Waals surface area contributed by atoms with E-state index in [9.17, 15) is 4.79 Å². The van der Waals surface area contributed by atoms with Crippen molar-refractivity contribution in [3.05, 3.63) is 46.9 Å². The van der Waals surface area contributed by atoms with Gasteiger partial charge in [0.2, 0.25) is 0 Å². The Morgan fingerprint density at radius 2 is 2.04 bits per heavy atom. The van der Waals surface area contributed by atoms with Gasteiger partial charge in [-0.1, -0.05) is 11.6 Å². The molecule has 0 radical (unpaired) electrons. The molecule has 0 aliphatic heterocycles. The van der Waals surface area contributed by atoms with Gasteiger partial charge in [-0.3, -0.25) is 4.79 Å². The number of halogens is 1. The Hall–Kier alpha value is -2.64. The topological polar surface area (TPSA) is 106 Å². The van der Waals surface area contributed by atoms with E-state index in [0.29, 0.717) is 38.8 Å². The number of rotatable bonds is 5. The lowest BCUT2D eigenvalue weighted by molar-refractivity contribution is 0.104. The Morgan fingerprint density at radius 3 is 2.79 bits per heavy atom. The summed E-state index contributed by atoms with van der Waals surface area (Å²) in [5.41, 5.74) is 7.46. The number of carbonyl (C=O) groups is 1. The number of ketones is 1. The molecule has 1 aliphatic carbocycles. The summed E-state index contributed by atoms with van der Waals surface area (Å²) in [6.45, 7) is 0. The lowest BCUT2D eigenvalue weighted by Gasteiger charge is -2.27. The lowest BCUT2D eigenvalue weighted by atomic mass is 9.92. The number of ether oxygens (including phenoxy) is 1. The number of nitrogens with two attached hydrogens (primary N) is 1. The van der Waals surface area contributed by atoms with Crippen molar-refractivity contribution in [1.82, 2.24) is 15.0 Å². The molecule has 0 atom stereocenters. The first-order chi connectivity index (χ1) is 13.6.